The van der Waals surface area contributed by atoms with E-state index in [1.165, 1.54) is 4.88 Å². The van der Waals surface area contributed by atoms with E-state index >= 15 is 0 Å². The van der Waals surface area contributed by atoms with Crippen molar-refractivity contribution in [1.29, 1.82) is 0 Å². The minimum atomic E-state index is -1.03. The Labute approximate surface area is 137 Å². The van der Waals surface area contributed by atoms with E-state index in [4.69, 9.17) is 5.73 Å². The van der Waals surface area contributed by atoms with Gasteiger partial charge in [0.05, 0.1) is 6.54 Å². The molecule has 0 spiro atoms. The quantitative estimate of drug-likeness (QED) is 0.897. The smallest absolute Gasteiger partial charge is 0.247 e. The standard InChI is InChI=1S/C16H19BrN2OS/c1-11-4-9-14(21-11)10-19(3)15(20)16(2,18)12-5-7-13(17)8-6-12/h4-9H,10,18H2,1-3H3. The van der Waals surface area contributed by atoms with Crippen LogP contribution < -0.4 is 5.73 Å². The summed E-state index contributed by atoms with van der Waals surface area (Å²) in [6, 6.07) is 11.7. The van der Waals surface area contributed by atoms with Gasteiger partial charge in [-0.2, -0.15) is 0 Å². The molecule has 0 aliphatic carbocycles. The molecule has 0 saturated carbocycles. The lowest BCUT2D eigenvalue weighted by atomic mass is 9.92. The molecule has 1 aromatic carbocycles. The van der Waals surface area contributed by atoms with E-state index in [9.17, 15) is 4.79 Å². The lowest BCUT2D eigenvalue weighted by Gasteiger charge is -2.29. The molecule has 0 aliphatic rings. The second-order valence-electron chi connectivity index (χ2n) is 5.38. The molecule has 21 heavy (non-hydrogen) atoms. The van der Waals surface area contributed by atoms with Crippen molar-refractivity contribution in [2.24, 2.45) is 5.73 Å². The van der Waals surface area contributed by atoms with Gasteiger partial charge in [-0.3, -0.25) is 4.79 Å². The molecule has 112 valence electrons. The van der Waals surface area contributed by atoms with Crippen LogP contribution in [0.25, 0.3) is 0 Å². The predicted molar refractivity (Wildman–Crippen MR) is 91.2 cm³/mol. The van der Waals surface area contributed by atoms with Crippen molar-refractivity contribution in [2.45, 2.75) is 25.9 Å². The molecule has 0 fully saturated rings. The molecule has 5 heteroatoms. The highest BCUT2D eigenvalue weighted by Gasteiger charge is 2.33. The number of nitrogens with two attached hydrogens (primary N) is 1. The highest BCUT2D eigenvalue weighted by Crippen LogP contribution is 2.24. The first-order valence-corrected chi connectivity index (χ1v) is 8.27. The third-order valence-electron chi connectivity index (χ3n) is 3.42. The number of hydrogen-bond acceptors (Lipinski definition) is 3. The monoisotopic (exact) mass is 366 g/mol. The van der Waals surface area contributed by atoms with Crippen molar-refractivity contribution >= 4 is 33.2 Å². The van der Waals surface area contributed by atoms with Crippen molar-refractivity contribution in [3.05, 3.63) is 56.2 Å². The van der Waals surface area contributed by atoms with E-state index in [1.807, 2.05) is 24.3 Å². The number of nitrogens with zero attached hydrogens (tertiary/aromatic N) is 1. The summed E-state index contributed by atoms with van der Waals surface area (Å²) in [4.78, 5) is 16.7. The molecule has 3 nitrogen and oxygen atoms in total. The van der Waals surface area contributed by atoms with Gasteiger partial charge in [0.25, 0.3) is 0 Å². The van der Waals surface area contributed by atoms with Gasteiger partial charge in [-0.05, 0) is 43.7 Å². The lowest BCUT2D eigenvalue weighted by molar-refractivity contribution is -0.135. The maximum absolute atomic E-state index is 12.7. The van der Waals surface area contributed by atoms with E-state index in [0.717, 1.165) is 14.9 Å². The third kappa shape index (κ3) is 3.73. The Morgan fingerprint density at radius 1 is 1.29 bits per heavy atom. The first-order chi connectivity index (χ1) is 9.80. The van der Waals surface area contributed by atoms with E-state index in [-0.39, 0.29) is 5.91 Å². The molecule has 0 bridgehead atoms. The Morgan fingerprint density at radius 2 is 1.90 bits per heavy atom. The summed E-state index contributed by atoms with van der Waals surface area (Å²) in [5.74, 6) is -0.0872. The number of carbonyl (C=O) groups excluding carboxylic acids is 1. The molecule has 1 unspecified atom stereocenters. The average molecular weight is 367 g/mol. The maximum atomic E-state index is 12.7. The van der Waals surface area contributed by atoms with E-state index in [2.05, 4.69) is 35.0 Å². The van der Waals surface area contributed by atoms with Crippen LogP contribution in [0.3, 0.4) is 0 Å². The molecule has 2 rings (SSSR count). The van der Waals surface area contributed by atoms with Crippen molar-refractivity contribution in [1.82, 2.24) is 4.90 Å². The molecule has 1 heterocycles. The summed E-state index contributed by atoms with van der Waals surface area (Å²) in [6.07, 6.45) is 0. The van der Waals surface area contributed by atoms with Crippen LogP contribution >= 0.6 is 27.3 Å². The Hall–Kier alpha value is -1.17. The number of rotatable bonds is 4. The fourth-order valence-corrected chi connectivity index (χ4v) is 3.40. The van der Waals surface area contributed by atoms with Gasteiger partial charge in [-0.25, -0.2) is 0 Å². The molecule has 1 atom stereocenters. The lowest BCUT2D eigenvalue weighted by Crippen LogP contribution is -2.49. The van der Waals surface area contributed by atoms with Crippen LogP contribution in [-0.4, -0.2) is 17.9 Å². The largest absolute Gasteiger partial charge is 0.339 e. The van der Waals surface area contributed by atoms with Gasteiger partial charge >= 0.3 is 0 Å². The highest BCUT2D eigenvalue weighted by atomic mass is 79.9. The number of amides is 1. The van der Waals surface area contributed by atoms with Gasteiger partial charge in [0.2, 0.25) is 5.91 Å². The van der Waals surface area contributed by atoms with Gasteiger partial charge in [0.1, 0.15) is 5.54 Å². The predicted octanol–water partition coefficient (Wildman–Crippen LogP) is 3.65. The summed E-state index contributed by atoms with van der Waals surface area (Å²) in [7, 11) is 1.79. The third-order valence-corrected chi connectivity index (χ3v) is 4.94. The molecule has 0 saturated heterocycles. The van der Waals surface area contributed by atoms with Gasteiger partial charge in [0.15, 0.2) is 0 Å². The van der Waals surface area contributed by atoms with Crippen molar-refractivity contribution < 1.29 is 4.79 Å². The van der Waals surface area contributed by atoms with Crippen molar-refractivity contribution in [3.63, 3.8) is 0 Å². The zero-order chi connectivity index (χ0) is 15.6. The number of aryl methyl sites for hydroxylation is 1. The van der Waals surface area contributed by atoms with E-state index < -0.39 is 5.54 Å². The number of thiophene rings is 1. The number of likely N-dealkylation sites (N-methyl/N-ethyl adjacent to an activating group) is 1. The normalized spacial score (nSPS) is 13.8. The van der Waals surface area contributed by atoms with Gasteiger partial charge in [0, 0.05) is 21.3 Å². The molecule has 0 aliphatic heterocycles. The van der Waals surface area contributed by atoms with Crippen LogP contribution in [0.15, 0.2) is 40.9 Å². The fraction of sp³-hybridized carbons (Fsp3) is 0.312. The summed E-state index contributed by atoms with van der Waals surface area (Å²) in [5.41, 5.74) is 6.07. The van der Waals surface area contributed by atoms with Crippen LogP contribution in [0.5, 0.6) is 0 Å². The molecule has 2 N–H and O–H groups in total. The molecule has 0 radical (unpaired) electrons. The summed E-state index contributed by atoms with van der Waals surface area (Å²) >= 11 is 5.09. The van der Waals surface area contributed by atoms with Crippen LogP contribution in [0.1, 0.15) is 22.2 Å². The summed E-state index contributed by atoms with van der Waals surface area (Å²) in [5, 5.41) is 0. The Balaban J connectivity index is 2.15. The zero-order valence-corrected chi connectivity index (χ0v) is 14.8. The zero-order valence-electron chi connectivity index (χ0n) is 12.4. The second-order valence-corrected chi connectivity index (χ2v) is 7.67. The molecule has 2 aromatic rings. The Morgan fingerprint density at radius 3 is 2.43 bits per heavy atom. The molecular weight excluding hydrogens is 348 g/mol. The minimum absolute atomic E-state index is 0.0872. The van der Waals surface area contributed by atoms with Crippen LogP contribution in [0.4, 0.5) is 0 Å². The first-order valence-electron chi connectivity index (χ1n) is 6.66. The number of carbonyl (C=O) groups is 1. The summed E-state index contributed by atoms with van der Waals surface area (Å²) in [6.45, 7) is 4.40. The molecule has 1 amide bonds. The topological polar surface area (TPSA) is 46.3 Å². The van der Waals surface area contributed by atoms with Crippen molar-refractivity contribution in [3.8, 4) is 0 Å². The number of halogens is 1. The van der Waals surface area contributed by atoms with Crippen molar-refractivity contribution in [2.75, 3.05) is 7.05 Å². The maximum Gasteiger partial charge on any atom is 0.247 e. The number of hydrogen-bond donors (Lipinski definition) is 1. The van der Waals surface area contributed by atoms with E-state index in [1.54, 1.807) is 30.2 Å². The molecule has 1 aromatic heterocycles. The fourth-order valence-electron chi connectivity index (χ4n) is 2.19. The van der Waals surface area contributed by atoms with E-state index in [0.29, 0.717) is 6.54 Å². The van der Waals surface area contributed by atoms with Crippen LogP contribution in [0.2, 0.25) is 0 Å². The van der Waals surface area contributed by atoms with Crippen LogP contribution in [-0.2, 0) is 16.9 Å². The van der Waals surface area contributed by atoms with Gasteiger partial charge < -0.3 is 10.6 Å². The Kier molecular flexibility index (Phi) is 4.86. The van der Waals surface area contributed by atoms with Crippen LogP contribution in [0, 0.1) is 6.92 Å². The van der Waals surface area contributed by atoms with Gasteiger partial charge in [-0.15, -0.1) is 11.3 Å². The first kappa shape index (κ1) is 16.2. The molecular formula is C16H19BrN2OS. The van der Waals surface area contributed by atoms with Gasteiger partial charge in [-0.1, -0.05) is 28.1 Å². The Bertz CT molecular complexity index is 634. The minimum Gasteiger partial charge on any atom is -0.339 e. The number of benzene rings is 1. The second kappa shape index (κ2) is 6.30. The highest BCUT2D eigenvalue weighted by molar-refractivity contribution is 9.10. The average Bonchev–Trinajstić information content (AvgIpc) is 2.83. The SMILES string of the molecule is Cc1ccc(CN(C)C(=O)C(C)(N)c2ccc(Br)cc2)s1. The summed E-state index contributed by atoms with van der Waals surface area (Å²) < 4.78 is 0.969.